The zero-order valence-electron chi connectivity index (χ0n) is 13.3. The Kier molecular flexibility index (Phi) is 10.1. The van der Waals surface area contributed by atoms with Crippen molar-refractivity contribution in [1.29, 1.82) is 0 Å². The predicted octanol–water partition coefficient (Wildman–Crippen LogP) is 4.23. The Labute approximate surface area is 124 Å². The molecule has 0 heterocycles. The first-order valence-corrected chi connectivity index (χ1v) is 7.12. The Morgan fingerprint density at radius 2 is 2.10 bits per heavy atom. The second-order valence-corrected chi connectivity index (χ2v) is 4.59. The summed E-state index contributed by atoms with van der Waals surface area (Å²) in [6.45, 7) is 16.9. The molecule has 0 aromatic carbocycles. The highest BCUT2D eigenvalue weighted by atomic mass is 14.9. The standard InChI is InChI=1S/C18H28N2/c1-7-14-20-18(15(5)8-2)17(9-3)13-11-12-16(6)19-10-4/h7-8,11,13-14,16,19-20H,2-3,10,12H2,1,4-6H3/b13-11-,14-7-,18-15+. The molecule has 0 aromatic heterocycles. The number of allylic oxidation sites excluding steroid dienone is 4. The summed E-state index contributed by atoms with van der Waals surface area (Å²) in [5.41, 5.74) is 5.99. The van der Waals surface area contributed by atoms with E-state index in [-0.39, 0.29) is 0 Å². The highest BCUT2D eigenvalue weighted by Gasteiger charge is 2.03. The maximum absolute atomic E-state index is 3.82. The summed E-state index contributed by atoms with van der Waals surface area (Å²) in [6, 6.07) is 0.471. The van der Waals surface area contributed by atoms with Gasteiger partial charge in [0.05, 0.1) is 5.70 Å². The molecule has 1 atom stereocenters. The van der Waals surface area contributed by atoms with Crippen LogP contribution in [0.1, 0.15) is 34.1 Å². The molecule has 1 unspecified atom stereocenters. The van der Waals surface area contributed by atoms with E-state index in [2.05, 4.69) is 55.5 Å². The molecular weight excluding hydrogens is 244 g/mol. The van der Waals surface area contributed by atoms with Crippen LogP contribution in [0.15, 0.2) is 66.2 Å². The molecule has 0 amide bonds. The molecule has 0 aliphatic heterocycles. The Morgan fingerprint density at radius 1 is 1.40 bits per heavy atom. The summed E-state index contributed by atoms with van der Waals surface area (Å²) < 4.78 is 0. The third-order valence-corrected chi connectivity index (χ3v) is 2.88. The average Bonchev–Trinajstić information content (AvgIpc) is 2.45. The Bertz CT molecular complexity index is 432. The van der Waals surface area contributed by atoms with Gasteiger partial charge in [-0.2, -0.15) is 0 Å². The fourth-order valence-electron chi connectivity index (χ4n) is 1.73. The molecule has 0 aliphatic carbocycles. The predicted molar refractivity (Wildman–Crippen MR) is 90.4 cm³/mol. The molecule has 0 spiro atoms. The van der Waals surface area contributed by atoms with Gasteiger partial charge in [0, 0.05) is 11.6 Å². The van der Waals surface area contributed by atoms with Crippen molar-refractivity contribution < 1.29 is 0 Å². The molecule has 0 bridgehead atoms. The molecule has 2 N–H and O–H groups in total. The van der Waals surface area contributed by atoms with Crippen LogP contribution in [0.5, 0.6) is 0 Å². The van der Waals surface area contributed by atoms with Gasteiger partial charge in [-0.3, -0.25) is 0 Å². The van der Waals surface area contributed by atoms with Crippen LogP contribution in [0, 0.1) is 0 Å². The maximum Gasteiger partial charge on any atom is 0.0561 e. The van der Waals surface area contributed by atoms with Gasteiger partial charge >= 0.3 is 0 Å². The van der Waals surface area contributed by atoms with Crippen molar-refractivity contribution >= 4 is 0 Å². The van der Waals surface area contributed by atoms with Crippen LogP contribution in [0.25, 0.3) is 0 Å². The minimum atomic E-state index is 0.471. The van der Waals surface area contributed by atoms with Crippen LogP contribution in [0.3, 0.4) is 0 Å². The Balaban J connectivity index is 4.99. The minimum Gasteiger partial charge on any atom is -0.361 e. The van der Waals surface area contributed by atoms with E-state index >= 15 is 0 Å². The highest BCUT2D eigenvalue weighted by molar-refractivity contribution is 5.44. The zero-order chi connectivity index (χ0) is 15.4. The van der Waals surface area contributed by atoms with Gasteiger partial charge in [-0.05, 0) is 51.6 Å². The van der Waals surface area contributed by atoms with Gasteiger partial charge in [0.25, 0.3) is 0 Å². The average molecular weight is 272 g/mol. The van der Waals surface area contributed by atoms with E-state index < -0.39 is 0 Å². The van der Waals surface area contributed by atoms with E-state index in [0.717, 1.165) is 29.8 Å². The van der Waals surface area contributed by atoms with Crippen molar-refractivity contribution in [3.63, 3.8) is 0 Å². The van der Waals surface area contributed by atoms with Gasteiger partial charge in [-0.1, -0.05) is 38.3 Å². The topological polar surface area (TPSA) is 24.1 Å². The molecule has 0 fully saturated rings. The molecule has 0 aromatic rings. The molecular formula is C18H28N2. The van der Waals surface area contributed by atoms with Gasteiger partial charge in [0.2, 0.25) is 0 Å². The third kappa shape index (κ3) is 6.98. The van der Waals surface area contributed by atoms with E-state index in [9.17, 15) is 0 Å². The van der Waals surface area contributed by atoms with Crippen LogP contribution in [-0.4, -0.2) is 12.6 Å². The summed E-state index contributed by atoms with van der Waals surface area (Å²) in [5, 5.41) is 6.64. The summed E-state index contributed by atoms with van der Waals surface area (Å²) in [7, 11) is 0. The first-order valence-electron chi connectivity index (χ1n) is 7.12. The largest absolute Gasteiger partial charge is 0.361 e. The normalized spacial score (nSPS) is 14.0. The second kappa shape index (κ2) is 11.1. The molecule has 20 heavy (non-hydrogen) atoms. The van der Waals surface area contributed by atoms with Crippen molar-refractivity contribution in [2.24, 2.45) is 0 Å². The molecule has 2 heteroatoms. The van der Waals surface area contributed by atoms with Crippen molar-refractivity contribution in [3.8, 4) is 0 Å². The van der Waals surface area contributed by atoms with Crippen molar-refractivity contribution in [2.45, 2.75) is 40.2 Å². The van der Waals surface area contributed by atoms with E-state index in [1.807, 2.05) is 32.2 Å². The number of nitrogens with one attached hydrogen (secondary N) is 2. The molecule has 0 saturated carbocycles. The minimum absolute atomic E-state index is 0.471. The zero-order valence-corrected chi connectivity index (χ0v) is 13.3. The Morgan fingerprint density at radius 3 is 2.60 bits per heavy atom. The molecule has 0 aliphatic rings. The fourth-order valence-corrected chi connectivity index (χ4v) is 1.73. The first-order chi connectivity index (χ1) is 9.60. The quantitative estimate of drug-likeness (QED) is 0.485. The summed E-state index contributed by atoms with van der Waals surface area (Å²) >= 11 is 0. The highest BCUT2D eigenvalue weighted by Crippen LogP contribution is 2.14. The summed E-state index contributed by atoms with van der Waals surface area (Å²) in [5.74, 6) is 0. The summed E-state index contributed by atoms with van der Waals surface area (Å²) in [4.78, 5) is 0. The van der Waals surface area contributed by atoms with Crippen LogP contribution in [0.4, 0.5) is 0 Å². The van der Waals surface area contributed by atoms with E-state index in [1.165, 1.54) is 0 Å². The van der Waals surface area contributed by atoms with Gasteiger partial charge < -0.3 is 10.6 Å². The smallest absolute Gasteiger partial charge is 0.0561 e. The molecule has 0 saturated heterocycles. The lowest BCUT2D eigenvalue weighted by molar-refractivity contribution is 0.574. The summed E-state index contributed by atoms with van der Waals surface area (Å²) in [6.07, 6.45) is 10.9. The van der Waals surface area contributed by atoms with Gasteiger partial charge in [-0.25, -0.2) is 0 Å². The SMILES string of the molecule is C=C=C(/C=C\CC(C)NCC)/C(N/C=C\C)=C(/C)C=C. The van der Waals surface area contributed by atoms with Crippen LogP contribution in [-0.2, 0) is 0 Å². The lowest BCUT2D eigenvalue weighted by Gasteiger charge is -2.11. The van der Waals surface area contributed by atoms with Gasteiger partial charge in [0.15, 0.2) is 0 Å². The van der Waals surface area contributed by atoms with E-state index in [1.54, 1.807) is 0 Å². The van der Waals surface area contributed by atoms with Crippen LogP contribution in [0.2, 0.25) is 0 Å². The fraction of sp³-hybridized carbons (Fsp3) is 0.389. The molecule has 0 rings (SSSR count). The maximum atomic E-state index is 3.82. The monoisotopic (exact) mass is 272 g/mol. The number of rotatable bonds is 9. The third-order valence-electron chi connectivity index (χ3n) is 2.88. The van der Waals surface area contributed by atoms with E-state index in [4.69, 9.17) is 0 Å². The van der Waals surface area contributed by atoms with Crippen molar-refractivity contribution in [1.82, 2.24) is 10.6 Å². The van der Waals surface area contributed by atoms with Crippen molar-refractivity contribution in [2.75, 3.05) is 6.54 Å². The second-order valence-electron chi connectivity index (χ2n) is 4.59. The first kappa shape index (κ1) is 18.2. The molecule has 110 valence electrons. The molecule has 2 nitrogen and oxygen atoms in total. The van der Waals surface area contributed by atoms with Crippen molar-refractivity contribution in [3.05, 3.63) is 66.2 Å². The lowest BCUT2D eigenvalue weighted by Crippen LogP contribution is -2.24. The number of hydrogen-bond acceptors (Lipinski definition) is 2. The number of hydrogen-bond donors (Lipinski definition) is 2. The molecule has 0 radical (unpaired) electrons. The van der Waals surface area contributed by atoms with Gasteiger partial charge in [0.1, 0.15) is 0 Å². The Hall–Kier alpha value is -1.76. The van der Waals surface area contributed by atoms with Crippen LogP contribution >= 0.6 is 0 Å². The van der Waals surface area contributed by atoms with E-state index in [0.29, 0.717) is 6.04 Å². The van der Waals surface area contributed by atoms with Gasteiger partial charge in [-0.15, -0.1) is 5.73 Å². The lowest BCUT2D eigenvalue weighted by atomic mass is 10.1. The van der Waals surface area contributed by atoms with Crippen LogP contribution < -0.4 is 10.6 Å².